The zero-order valence-corrected chi connectivity index (χ0v) is 14.4. The van der Waals surface area contributed by atoms with Crippen LogP contribution in [0, 0.1) is 0 Å². The predicted octanol–water partition coefficient (Wildman–Crippen LogP) is 1.00. The van der Waals surface area contributed by atoms with Crippen molar-refractivity contribution < 1.29 is 14.3 Å². The highest BCUT2D eigenvalue weighted by Crippen LogP contribution is 2.15. The number of benzene rings is 1. The highest BCUT2D eigenvalue weighted by atomic mass is 16.5. The first-order valence-corrected chi connectivity index (χ1v) is 8.26. The van der Waals surface area contributed by atoms with Crippen molar-refractivity contribution in [3.63, 3.8) is 0 Å². The monoisotopic (exact) mass is 342 g/mol. The summed E-state index contributed by atoms with van der Waals surface area (Å²) in [5.74, 6) is 0.692. The molecule has 132 valence electrons. The second-order valence-corrected chi connectivity index (χ2v) is 6.15. The van der Waals surface area contributed by atoms with Gasteiger partial charge in [-0.2, -0.15) is 5.10 Å². The standard InChI is InChI=1S/C18H22N4O3/c1-21-16(7-9-19-21)18(24)20-14-11-17(23)22(12-14)10-8-13-3-5-15(25-2)6-4-13/h3-7,9,14H,8,10-12H2,1-2H3,(H,20,24). The number of hydrogen-bond donors (Lipinski definition) is 1. The molecule has 1 unspecified atom stereocenters. The Morgan fingerprint density at radius 3 is 2.72 bits per heavy atom. The van der Waals surface area contributed by atoms with Crippen LogP contribution in [0.25, 0.3) is 0 Å². The molecule has 3 rings (SSSR count). The fourth-order valence-electron chi connectivity index (χ4n) is 3.00. The number of carbonyl (C=O) groups is 2. The molecule has 1 aliphatic heterocycles. The SMILES string of the molecule is COc1ccc(CCN2CC(NC(=O)c3ccnn3C)CC2=O)cc1. The van der Waals surface area contributed by atoms with Gasteiger partial charge < -0.3 is 15.0 Å². The van der Waals surface area contributed by atoms with Crippen molar-refractivity contribution >= 4 is 11.8 Å². The molecule has 1 N–H and O–H groups in total. The molecule has 0 spiro atoms. The lowest BCUT2D eigenvalue weighted by Gasteiger charge is -2.17. The summed E-state index contributed by atoms with van der Waals surface area (Å²) in [6, 6.07) is 9.33. The largest absolute Gasteiger partial charge is 0.497 e. The van der Waals surface area contributed by atoms with Crippen molar-refractivity contribution in [3.05, 3.63) is 47.8 Å². The van der Waals surface area contributed by atoms with Crippen LogP contribution in [0.3, 0.4) is 0 Å². The molecular weight excluding hydrogens is 320 g/mol. The molecular formula is C18H22N4O3. The van der Waals surface area contributed by atoms with Crippen molar-refractivity contribution in [1.82, 2.24) is 20.0 Å². The molecule has 7 heteroatoms. The van der Waals surface area contributed by atoms with Crippen LogP contribution in [0.1, 0.15) is 22.5 Å². The van der Waals surface area contributed by atoms with Gasteiger partial charge in [-0.3, -0.25) is 14.3 Å². The first-order chi connectivity index (χ1) is 12.1. The number of aromatic nitrogens is 2. The molecule has 0 radical (unpaired) electrons. The first kappa shape index (κ1) is 17.0. The number of methoxy groups -OCH3 is 1. The van der Waals surface area contributed by atoms with Gasteiger partial charge >= 0.3 is 0 Å². The van der Waals surface area contributed by atoms with Crippen LogP contribution in [0.2, 0.25) is 0 Å². The minimum Gasteiger partial charge on any atom is -0.497 e. The molecule has 1 aromatic carbocycles. The summed E-state index contributed by atoms with van der Waals surface area (Å²) in [7, 11) is 3.35. The molecule has 1 atom stereocenters. The highest BCUT2D eigenvalue weighted by Gasteiger charge is 2.30. The highest BCUT2D eigenvalue weighted by molar-refractivity contribution is 5.93. The van der Waals surface area contributed by atoms with Crippen LogP contribution in [-0.2, 0) is 18.3 Å². The van der Waals surface area contributed by atoms with Crippen molar-refractivity contribution in [2.24, 2.45) is 7.05 Å². The number of nitrogens with one attached hydrogen (secondary N) is 1. The van der Waals surface area contributed by atoms with E-state index in [9.17, 15) is 9.59 Å². The number of hydrogen-bond acceptors (Lipinski definition) is 4. The van der Waals surface area contributed by atoms with Gasteiger partial charge in [0.2, 0.25) is 5.91 Å². The third-order valence-electron chi connectivity index (χ3n) is 4.43. The molecule has 1 saturated heterocycles. The average Bonchev–Trinajstić information content (AvgIpc) is 3.19. The summed E-state index contributed by atoms with van der Waals surface area (Å²) in [6.07, 6.45) is 2.69. The van der Waals surface area contributed by atoms with E-state index in [4.69, 9.17) is 4.74 Å². The van der Waals surface area contributed by atoms with Crippen molar-refractivity contribution in [3.8, 4) is 5.75 Å². The number of ether oxygens (including phenoxy) is 1. The van der Waals surface area contributed by atoms with Gasteiger partial charge in [0.15, 0.2) is 0 Å². The van der Waals surface area contributed by atoms with Crippen LogP contribution < -0.4 is 10.1 Å². The van der Waals surface area contributed by atoms with E-state index in [1.54, 1.807) is 31.3 Å². The molecule has 1 fully saturated rings. The van der Waals surface area contributed by atoms with Gasteiger partial charge in [-0.15, -0.1) is 0 Å². The van der Waals surface area contributed by atoms with E-state index in [-0.39, 0.29) is 17.9 Å². The predicted molar refractivity (Wildman–Crippen MR) is 92.4 cm³/mol. The summed E-state index contributed by atoms with van der Waals surface area (Å²) in [5, 5.41) is 6.90. The van der Waals surface area contributed by atoms with E-state index < -0.39 is 0 Å². The molecule has 25 heavy (non-hydrogen) atoms. The Morgan fingerprint density at radius 1 is 1.32 bits per heavy atom. The van der Waals surface area contributed by atoms with Gasteiger partial charge in [0.25, 0.3) is 5.91 Å². The van der Waals surface area contributed by atoms with E-state index >= 15 is 0 Å². The maximum Gasteiger partial charge on any atom is 0.269 e. The summed E-state index contributed by atoms with van der Waals surface area (Å²) in [4.78, 5) is 26.2. The van der Waals surface area contributed by atoms with E-state index in [1.807, 2.05) is 24.3 Å². The Balaban J connectivity index is 1.51. The average molecular weight is 342 g/mol. The first-order valence-electron chi connectivity index (χ1n) is 8.26. The number of rotatable bonds is 6. The van der Waals surface area contributed by atoms with E-state index in [1.165, 1.54) is 4.68 Å². The van der Waals surface area contributed by atoms with Crippen molar-refractivity contribution in [2.75, 3.05) is 20.2 Å². The Labute approximate surface area is 146 Å². The molecule has 1 aliphatic rings. The number of nitrogens with zero attached hydrogens (tertiary/aromatic N) is 3. The van der Waals surface area contributed by atoms with Crippen molar-refractivity contribution in [1.29, 1.82) is 0 Å². The van der Waals surface area contributed by atoms with Gasteiger partial charge in [0.1, 0.15) is 11.4 Å². The number of carbonyl (C=O) groups excluding carboxylic acids is 2. The zero-order valence-electron chi connectivity index (χ0n) is 14.4. The molecule has 2 heterocycles. The van der Waals surface area contributed by atoms with Gasteiger partial charge in [0, 0.05) is 32.8 Å². The van der Waals surface area contributed by atoms with Gasteiger partial charge in [-0.1, -0.05) is 12.1 Å². The topological polar surface area (TPSA) is 76.5 Å². The van der Waals surface area contributed by atoms with Crippen LogP contribution >= 0.6 is 0 Å². The van der Waals surface area contributed by atoms with E-state index in [0.717, 1.165) is 17.7 Å². The number of likely N-dealkylation sites (tertiary alicyclic amines) is 1. The summed E-state index contributed by atoms with van der Waals surface area (Å²) in [6.45, 7) is 1.18. The van der Waals surface area contributed by atoms with E-state index in [0.29, 0.717) is 25.2 Å². The zero-order chi connectivity index (χ0) is 17.8. The number of amides is 2. The third kappa shape index (κ3) is 3.99. The fourth-order valence-corrected chi connectivity index (χ4v) is 3.00. The second kappa shape index (κ2) is 7.38. The fraction of sp³-hybridized carbons (Fsp3) is 0.389. The molecule has 1 aromatic heterocycles. The maximum absolute atomic E-state index is 12.2. The molecule has 2 amide bonds. The number of aryl methyl sites for hydroxylation is 1. The van der Waals surface area contributed by atoms with Gasteiger partial charge in [0.05, 0.1) is 13.2 Å². The van der Waals surface area contributed by atoms with Gasteiger partial charge in [-0.05, 0) is 30.2 Å². The third-order valence-corrected chi connectivity index (χ3v) is 4.43. The Bertz CT molecular complexity index is 754. The summed E-state index contributed by atoms with van der Waals surface area (Å²) in [5.41, 5.74) is 1.64. The lowest BCUT2D eigenvalue weighted by atomic mass is 10.1. The normalized spacial score (nSPS) is 17.0. The lowest BCUT2D eigenvalue weighted by Crippen LogP contribution is -2.38. The summed E-state index contributed by atoms with van der Waals surface area (Å²) >= 11 is 0. The van der Waals surface area contributed by atoms with Crippen LogP contribution in [-0.4, -0.2) is 52.7 Å². The quantitative estimate of drug-likeness (QED) is 0.850. The van der Waals surface area contributed by atoms with Gasteiger partial charge in [-0.25, -0.2) is 0 Å². The van der Waals surface area contributed by atoms with Crippen LogP contribution in [0.15, 0.2) is 36.5 Å². The minimum atomic E-state index is -0.199. The molecule has 7 nitrogen and oxygen atoms in total. The molecule has 2 aromatic rings. The smallest absolute Gasteiger partial charge is 0.269 e. The van der Waals surface area contributed by atoms with Crippen molar-refractivity contribution in [2.45, 2.75) is 18.9 Å². The molecule has 0 bridgehead atoms. The minimum absolute atomic E-state index is 0.0730. The van der Waals surface area contributed by atoms with E-state index in [2.05, 4.69) is 10.4 Å². The Morgan fingerprint density at radius 2 is 2.08 bits per heavy atom. The van der Waals surface area contributed by atoms with Crippen LogP contribution in [0.5, 0.6) is 5.75 Å². The Kier molecular flexibility index (Phi) is 5.02. The Hall–Kier alpha value is -2.83. The van der Waals surface area contributed by atoms with Crippen LogP contribution in [0.4, 0.5) is 0 Å². The summed E-state index contributed by atoms with van der Waals surface area (Å²) < 4.78 is 6.66. The maximum atomic E-state index is 12.2. The lowest BCUT2D eigenvalue weighted by molar-refractivity contribution is -0.127. The molecule has 0 saturated carbocycles. The second-order valence-electron chi connectivity index (χ2n) is 6.15. The molecule has 0 aliphatic carbocycles.